The van der Waals surface area contributed by atoms with Gasteiger partial charge in [0.15, 0.2) is 0 Å². The molecule has 3 rings (SSSR count). The number of benzene rings is 1. The number of carbonyl (C=O) groups excluding carboxylic acids is 1. The summed E-state index contributed by atoms with van der Waals surface area (Å²) in [6, 6.07) is 12.0. The molecule has 0 unspecified atom stereocenters. The standard InChI is InChI=1S/C15H16N2O2S/c18-15(13-10-16-6-7-19-13)17-12-4-1-3-11(9-12)14-5-2-8-20-14/h1-5,8-9,13,16H,6-7,10H2,(H,17,18)/t13-/m1/s1. The number of morpholine rings is 1. The van der Waals surface area contributed by atoms with E-state index < -0.39 is 6.10 Å². The van der Waals surface area contributed by atoms with Crippen molar-refractivity contribution >= 4 is 22.9 Å². The highest BCUT2D eigenvalue weighted by Gasteiger charge is 2.21. The molecule has 1 amide bonds. The van der Waals surface area contributed by atoms with Crippen molar-refractivity contribution in [2.45, 2.75) is 6.10 Å². The Hall–Kier alpha value is -1.69. The van der Waals surface area contributed by atoms with Crippen LogP contribution in [0.15, 0.2) is 41.8 Å². The summed E-state index contributed by atoms with van der Waals surface area (Å²) in [4.78, 5) is 13.3. The van der Waals surface area contributed by atoms with Crippen molar-refractivity contribution in [3.05, 3.63) is 41.8 Å². The van der Waals surface area contributed by atoms with Crippen LogP contribution in [0.1, 0.15) is 0 Å². The molecule has 0 radical (unpaired) electrons. The molecule has 1 fully saturated rings. The van der Waals surface area contributed by atoms with Crippen molar-refractivity contribution < 1.29 is 9.53 Å². The quantitative estimate of drug-likeness (QED) is 0.911. The van der Waals surface area contributed by atoms with Gasteiger partial charge in [-0.1, -0.05) is 18.2 Å². The van der Waals surface area contributed by atoms with Crippen LogP contribution in [-0.4, -0.2) is 31.7 Å². The molecular formula is C15H16N2O2S. The molecule has 4 nitrogen and oxygen atoms in total. The van der Waals surface area contributed by atoms with Gasteiger partial charge in [0.2, 0.25) is 0 Å². The largest absolute Gasteiger partial charge is 0.366 e. The fraction of sp³-hybridized carbons (Fsp3) is 0.267. The number of hydrogen-bond donors (Lipinski definition) is 2. The van der Waals surface area contributed by atoms with E-state index in [1.807, 2.05) is 35.7 Å². The van der Waals surface area contributed by atoms with Gasteiger partial charge in [-0.3, -0.25) is 4.79 Å². The van der Waals surface area contributed by atoms with Gasteiger partial charge in [-0.2, -0.15) is 0 Å². The Morgan fingerprint density at radius 2 is 2.30 bits per heavy atom. The van der Waals surface area contributed by atoms with Crippen LogP contribution in [-0.2, 0) is 9.53 Å². The van der Waals surface area contributed by atoms with Crippen LogP contribution in [0.5, 0.6) is 0 Å². The van der Waals surface area contributed by atoms with Crippen LogP contribution >= 0.6 is 11.3 Å². The highest BCUT2D eigenvalue weighted by molar-refractivity contribution is 7.13. The van der Waals surface area contributed by atoms with Gasteiger partial charge in [-0.15, -0.1) is 11.3 Å². The van der Waals surface area contributed by atoms with Crippen LogP contribution in [0.2, 0.25) is 0 Å². The van der Waals surface area contributed by atoms with Crippen molar-refractivity contribution in [1.29, 1.82) is 0 Å². The number of hydrogen-bond acceptors (Lipinski definition) is 4. The first-order chi connectivity index (χ1) is 9.83. The molecule has 1 aromatic carbocycles. The molecule has 0 spiro atoms. The molecule has 2 heterocycles. The minimum atomic E-state index is -0.408. The summed E-state index contributed by atoms with van der Waals surface area (Å²) in [7, 11) is 0. The summed E-state index contributed by atoms with van der Waals surface area (Å²) in [6.07, 6.45) is -0.408. The van der Waals surface area contributed by atoms with Gasteiger partial charge in [-0.25, -0.2) is 0 Å². The fourth-order valence-corrected chi connectivity index (χ4v) is 2.87. The third-order valence-corrected chi connectivity index (χ3v) is 4.07. The second-order valence-electron chi connectivity index (χ2n) is 4.61. The molecule has 1 aromatic heterocycles. The van der Waals surface area contributed by atoms with Crippen molar-refractivity contribution in [1.82, 2.24) is 5.32 Å². The predicted octanol–water partition coefficient (Wildman–Crippen LogP) is 2.34. The maximum atomic E-state index is 12.1. The van der Waals surface area contributed by atoms with Crippen LogP contribution in [0, 0.1) is 0 Å². The van der Waals surface area contributed by atoms with E-state index in [2.05, 4.69) is 16.7 Å². The lowest BCUT2D eigenvalue weighted by Crippen LogP contribution is -2.45. The highest BCUT2D eigenvalue weighted by Crippen LogP contribution is 2.26. The highest BCUT2D eigenvalue weighted by atomic mass is 32.1. The van der Waals surface area contributed by atoms with Crippen LogP contribution in [0.3, 0.4) is 0 Å². The third kappa shape index (κ3) is 3.07. The van der Waals surface area contributed by atoms with Gasteiger partial charge in [0.05, 0.1) is 6.61 Å². The van der Waals surface area contributed by atoms with E-state index in [0.29, 0.717) is 13.2 Å². The number of anilines is 1. The van der Waals surface area contributed by atoms with Crippen LogP contribution in [0.4, 0.5) is 5.69 Å². The molecule has 0 bridgehead atoms. The third-order valence-electron chi connectivity index (χ3n) is 3.16. The Morgan fingerprint density at radius 1 is 1.35 bits per heavy atom. The van der Waals surface area contributed by atoms with Crippen molar-refractivity contribution in [3.8, 4) is 10.4 Å². The van der Waals surface area contributed by atoms with E-state index in [1.54, 1.807) is 11.3 Å². The van der Waals surface area contributed by atoms with Gasteiger partial charge in [0.1, 0.15) is 6.10 Å². The SMILES string of the molecule is O=C(Nc1cccc(-c2cccs2)c1)[C@H]1CNCCO1. The van der Waals surface area contributed by atoms with Gasteiger partial charge < -0.3 is 15.4 Å². The van der Waals surface area contributed by atoms with Crippen molar-refractivity contribution in [2.24, 2.45) is 0 Å². The fourth-order valence-electron chi connectivity index (χ4n) is 2.15. The average Bonchev–Trinajstić information content (AvgIpc) is 3.03. The second kappa shape index (κ2) is 6.17. The van der Waals surface area contributed by atoms with E-state index in [9.17, 15) is 4.79 Å². The molecule has 104 valence electrons. The molecule has 1 aliphatic rings. The molecule has 2 N–H and O–H groups in total. The first-order valence-corrected chi connectivity index (χ1v) is 7.48. The van der Waals surface area contributed by atoms with E-state index in [4.69, 9.17) is 4.74 Å². The molecule has 1 aliphatic heterocycles. The summed E-state index contributed by atoms with van der Waals surface area (Å²) in [5, 5.41) is 8.11. The monoisotopic (exact) mass is 288 g/mol. The zero-order valence-corrected chi connectivity index (χ0v) is 11.8. The Labute approximate surface area is 121 Å². The minimum Gasteiger partial charge on any atom is -0.366 e. The second-order valence-corrected chi connectivity index (χ2v) is 5.56. The first-order valence-electron chi connectivity index (χ1n) is 6.60. The van der Waals surface area contributed by atoms with Gasteiger partial charge >= 0.3 is 0 Å². The molecule has 1 atom stereocenters. The zero-order chi connectivity index (χ0) is 13.8. The summed E-state index contributed by atoms with van der Waals surface area (Å²) < 4.78 is 5.44. The number of carbonyl (C=O) groups is 1. The van der Waals surface area contributed by atoms with Crippen LogP contribution in [0.25, 0.3) is 10.4 Å². The Bertz CT molecular complexity index is 577. The maximum absolute atomic E-state index is 12.1. The Morgan fingerprint density at radius 3 is 3.05 bits per heavy atom. The molecule has 2 aromatic rings. The molecular weight excluding hydrogens is 272 g/mol. The van der Waals surface area contributed by atoms with Crippen LogP contribution < -0.4 is 10.6 Å². The maximum Gasteiger partial charge on any atom is 0.254 e. The van der Waals surface area contributed by atoms with E-state index in [1.165, 1.54) is 4.88 Å². The van der Waals surface area contributed by atoms with Crippen molar-refractivity contribution in [3.63, 3.8) is 0 Å². The van der Waals surface area contributed by atoms with E-state index in [0.717, 1.165) is 17.8 Å². The van der Waals surface area contributed by atoms with E-state index in [-0.39, 0.29) is 5.91 Å². The number of nitrogens with one attached hydrogen (secondary N) is 2. The number of ether oxygens (including phenoxy) is 1. The molecule has 5 heteroatoms. The number of rotatable bonds is 3. The molecule has 0 aliphatic carbocycles. The molecule has 20 heavy (non-hydrogen) atoms. The van der Waals surface area contributed by atoms with Gasteiger partial charge in [0, 0.05) is 23.7 Å². The summed E-state index contributed by atoms with van der Waals surface area (Å²) in [5.74, 6) is -0.0967. The molecule has 0 saturated carbocycles. The molecule has 1 saturated heterocycles. The average molecular weight is 288 g/mol. The smallest absolute Gasteiger partial charge is 0.254 e. The number of thiophene rings is 1. The number of amides is 1. The normalized spacial score (nSPS) is 18.7. The lowest BCUT2D eigenvalue weighted by Gasteiger charge is -2.22. The lowest BCUT2D eigenvalue weighted by atomic mass is 10.1. The summed E-state index contributed by atoms with van der Waals surface area (Å²) in [6.45, 7) is 1.95. The Kier molecular flexibility index (Phi) is 4.11. The zero-order valence-electron chi connectivity index (χ0n) is 11.0. The minimum absolute atomic E-state index is 0.0967. The van der Waals surface area contributed by atoms with E-state index >= 15 is 0 Å². The van der Waals surface area contributed by atoms with Crippen molar-refractivity contribution in [2.75, 3.05) is 25.0 Å². The predicted molar refractivity (Wildman–Crippen MR) is 81.0 cm³/mol. The summed E-state index contributed by atoms with van der Waals surface area (Å²) in [5.41, 5.74) is 1.91. The first kappa shape index (κ1) is 13.3. The van der Waals surface area contributed by atoms with Gasteiger partial charge in [0.25, 0.3) is 5.91 Å². The topological polar surface area (TPSA) is 50.4 Å². The Balaban J connectivity index is 1.71. The summed E-state index contributed by atoms with van der Waals surface area (Å²) >= 11 is 1.68. The van der Waals surface area contributed by atoms with Gasteiger partial charge in [-0.05, 0) is 29.1 Å². The lowest BCUT2D eigenvalue weighted by molar-refractivity contribution is -0.128.